The molecule has 2 rings (SSSR count). The highest BCUT2D eigenvalue weighted by Crippen LogP contribution is 2.18. The summed E-state index contributed by atoms with van der Waals surface area (Å²) >= 11 is 0. The summed E-state index contributed by atoms with van der Waals surface area (Å²) in [6.45, 7) is 4.19. The van der Waals surface area contributed by atoms with Crippen LogP contribution in [0, 0.1) is 13.8 Å². The molecule has 1 unspecified atom stereocenters. The number of nitrogens with two attached hydrogens (primary N) is 1. The Kier molecular flexibility index (Phi) is 4.12. The zero-order valence-electron chi connectivity index (χ0n) is 11.6. The summed E-state index contributed by atoms with van der Waals surface area (Å²) in [6.07, 6.45) is 2.23. The fraction of sp³-hybridized carbons (Fsp3) is 0.333. The Bertz CT molecular complexity index is 549. The van der Waals surface area contributed by atoms with E-state index in [0.717, 1.165) is 12.1 Å². The molecule has 19 heavy (non-hydrogen) atoms. The minimum atomic E-state index is -0.155. The number of aromatic nitrogens is 2. The molecule has 2 aromatic rings. The quantitative estimate of drug-likeness (QED) is 0.913. The first-order valence-corrected chi connectivity index (χ1v) is 6.27. The van der Waals surface area contributed by atoms with E-state index in [4.69, 9.17) is 10.5 Å². The van der Waals surface area contributed by atoms with Crippen LogP contribution in [-0.2, 0) is 6.42 Å². The summed E-state index contributed by atoms with van der Waals surface area (Å²) in [5, 5.41) is 0. The Morgan fingerprint density at radius 2 is 1.79 bits per heavy atom. The molecule has 1 aromatic heterocycles. The van der Waals surface area contributed by atoms with E-state index in [1.807, 2.05) is 0 Å². The van der Waals surface area contributed by atoms with Gasteiger partial charge in [0.2, 0.25) is 5.88 Å². The second-order valence-corrected chi connectivity index (χ2v) is 4.79. The lowest BCUT2D eigenvalue weighted by molar-refractivity contribution is 0.395. The van der Waals surface area contributed by atoms with E-state index >= 15 is 0 Å². The predicted molar refractivity (Wildman–Crippen MR) is 75.1 cm³/mol. The average molecular weight is 257 g/mol. The lowest BCUT2D eigenvalue weighted by atomic mass is 10.00. The van der Waals surface area contributed by atoms with E-state index in [-0.39, 0.29) is 6.04 Å². The van der Waals surface area contributed by atoms with Crippen LogP contribution in [0.1, 0.15) is 28.4 Å². The lowest BCUT2D eigenvalue weighted by Crippen LogP contribution is -2.15. The van der Waals surface area contributed by atoms with Crippen LogP contribution in [0.4, 0.5) is 0 Å². The van der Waals surface area contributed by atoms with Gasteiger partial charge in [0, 0.05) is 6.07 Å². The Morgan fingerprint density at radius 1 is 1.11 bits per heavy atom. The first kappa shape index (κ1) is 13.5. The van der Waals surface area contributed by atoms with Crippen LogP contribution < -0.4 is 10.5 Å². The van der Waals surface area contributed by atoms with Crippen molar-refractivity contribution in [2.75, 3.05) is 7.11 Å². The molecule has 0 aliphatic carbocycles. The van der Waals surface area contributed by atoms with Crippen molar-refractivity contribution in [3.63, 3.8) is 0 Å². The monoisotopic (exact) mass is 257 g/mol. The topological polar surface area (TPSA) is 61.0 Å². The van der Waals surface area contributed by atoms with Crippen LogP contribution in [0.25, 0.3) is 0 Å². The van der Waals surface area contributed by atoms with Crippen molar-refractivity contribution >= 4 is 0 Å². The van der Waals surface area contributed by atoms with Gasteiger partial charge in [0.15, 0.2) is 0 Å². The van der Waals surface area contributed by atoms with Crippen molar-refractivity contribution in [3.8, 4) is 5.88 Å². The molecule has 1 atom stereocenters. The van der Waals surface area contributed by atoms with E-state index in [9.17, 15) is 0 Å². The lowest BCUT2D eigenvalue weighted by Gasteiger charge is -2.12. The highest BCUT2D eigenvalue weighted by Gasteiger charge is 2.10. The van der Waals surface area contributed by atoms with Gasteiger partial charge in [-0.1, -0.05) is 29.3 Å². The molecule has 0 saturated carbocycles. The number of aryl methyl sites for hydroxylation is 2. The Labute approximate surface area is 113 Å². The van der Waals surface area contributed by atoms with E-state index < -0.39 is 0 Å². The molecule has 0 bridgehead atoms. The van der Waals surface area contributed by atoms with Gasteiger partial charge in [0.1, 0.15) is 6.33 Å². The number of rotatable bonds is 4. The first-order chi connectivity index (χ1) is 9.08. The third kappa shape index (κ3) is 3.51. The van der Waals surface area contributed by atoms with Crippen LogP contribution in [0.5, 0.6) is 5.88 Å². The van der Waals surface area contributed by atoms with E-state index in [1.165, 1.54) is 23.0 Å². The number of nitrogens with zero attached hydrogens (tertiary/aromatic N) is 2. The highest BCUT2D eigenvalue weighted by molar-refractivity contribution is 5.30. The third-order valence-corrected chi connectivity index (χ3v) is 2.99. The molecule has 0 aliphatic heterocycles. The minimum Gasteiger partial charge on any atom is -0.481 e. The maximum Gasteiger partial charge on any atom is 0.216 e. The Balaban J connectivity index is 2.17. The summed E-state index contributed by atoms with van der Waals surface area (Å²) in [5.41, 5.74) is 10.7. The predicted octanol–water partition coefficient (Wildman–Crippen LogP) is 2.34. The summed E-state index contributed by atoms with van der Waals surface area (Å²) in [6, 6.07) is 8.10. The van der Waals surface area contributed by atoms with E-state index in [2.05, 4.69) is 42.0 Å². The fourth-order valence-corrected chi connectivity index (χ4v) is 2.21. The molecular formula is C15H19N3O. The molecule has 0 spiro atoms. The second kappa shape index (κ2) is 5.80. The summed E-state index contributed by atoms with van der Waals surface area (Å²) in [7, 11) is 1.58. The number of benzene rings is 1. The minimum absolute atomic E-state index is 0.155. The SMILES string of the molecule is COc1cc(C(N)Cc2cc(C)cc(C)c2)ncn1. The summed E-state index contributed by atoms with van der Waals surface area (Å²) < 4.78 is 5.09. The van der Waals surface area contributed by atoms with Gasteiger partial charge in [0.25, 0.3) is 0 Å². The number of hydrogen-bond donors (Lipinski definition) is 1. The van der Waals surface area contributed by atoms with Crippen LogP contribution in [-0.4, -0.2) is 17.1 Å². The fourth-order valence-electron chi connectivity index (χ4n) is 2.21. The molecule has 4 nitrogen and oxygen atoms in total. The van der Waals surface area contributed by atoms with E-state index in [1.54, 1.807) is 13.2 Å². The van der Waals surface area contributed by atoms with Crippen molar-refractivity contribution in [3.05, 3.63) is 53.0 Å². The molecule has 0 radical (unpaired) electrons. The van der Waals surface area contributed by atoms with Crippen LogP contribution in [0.2, 0.25) is 0 Å². The number of ether oxygens (including phenoxy) is 1. The van der Waals surface area contributed by atoms with Gasteiger partial charge in [-0.25, -0.2) is 9.97 Å². The molecule has 0 fully saturated rings. The maximum atomic E-state index is 6.20. The van der Waals surface area contributed by atoms with Crippen LogP contribution in [0.3, 0.4) is 0 Å². The summed E-state index contributed by atoms with van der Waals surface area (Å²) in [5.74, 6) is 0.542. The molecule has 0 saturated heterocycles. The second-order valence-electron chi connectivity index (χ2n) is 4.79. The van der Waals surface area contributed by atoms with E-state index in [0.29, 0.717) is 5.88 Å². The summed E-state index contributed by atoms with van der Waals surface area (Å²) in [4.78, 5) is 8.20. The largest absolute Gasteiger partial charge is 0.481 e. The molecule has 1 aromatic carbocycles. The van der Waals surface area contributed by atoms with Crippen molar-refractivity contribution < 1.29 is 4.74 Å². The third-order valence-electron chi connectivity index (χ3n) is 2.99. The van der Waals surface area contributed by atoms with Gasteiger partial charge >= 0.3 is 0 Å². The van der Waals surface area contributed by atoms with Gasteiger partial charge in [-0.3, -0.25) is 0 Å². The zero-order valence-corrected chi connectivity index (χ0v) is 11.6. The molecule has 0 amide bonds. The van der Waals surface area contributed by atoms with Crippen molar-refractivity contribution in [1.82, 2.24) is 9.97 Å². The highest BCUT2D eigenvalue weighted by atomic mass is 16.5. The maximum absolute atomic E-state index is 6.20. The van der Waals surface area contributed by atoms with Crippen LogP contribution >= 0.6 is 0 Å². The Hall–Kier alpha value is -1.94. The molecule has 0 aliphatic rings. The van der Waals surface area contributed by atoms with Gasteiger partial charge in [-0.2, -0.15) is 0 Å². The van der Waals surface area contributed by atoms with Crippen LogP contribution in [0.15, 0.2) is 30.6 Å². The molecule has 1 heterocycles. The normalized spacial score (nSPS) is 12.2. The van der Waals surface area contributed by atoms with Gasteiger partial charge in [-0.05, 0) is 25.8 Å². The Morgan fingerprint density at radius 3 is 2.42 bits per heavy atom. The molecular weight excluding hydrogens is 238 g/mol. The van der Waals surface area contributed by atoms with Gasteiger partial charge in [-0.15, -0.1) is 0 Å². The standard InChI is InChI=1S/C15H19N3O/c1-10-4-11(2)6-12(5-10)7-13(16)14-8-15(19-3)18-9-17-14/h4-6,8-9,13H,7,16H2,1-3H3. The van der Waals surface area contributed by atoms with Crippen molar-refractivity contribution in [2.45, 2.75) is 26.3 Å². The van der Waals surface area contributed by atoms with Crippen molar-refractivity contribution in [2.24, 2.45) is 5.73 Å². The van der Waals surface area contributed by atoms with Gasteiger partial charge < -0.3 is 10.5 Å². The average Bonchev–Trinajstić information content (AvgIpc) is 2.37. The molecule has 4 heteroatoms. The van der Waals surface area contributed by atoms with Crippen molar-refractivity contribution in [1.29, 1.82) is 0 Å². The molecule has 2 N–H and O–H groups in total. The first-order valence-electron chi connectivity index (χ1n) is 6.27. The molecule has 100 valence electrons. The number of hydrogen-bond acceptors (Lipinski definition) is 4. The zero-order chi connectivity index (χ0) is 13.8. The smallest absolute Gasteiger partial charge is 0.216 e. The van der Waals surface area contributed by atoms with Gasteiger partial charge in [0.05, 0.1) is 18.8 Å². The number of methoxy groups -OCH3 is 1.